The van der Waals surface area contributed by atoms with Crippen LogP contribution in [0.25, 0.3) is 60.6 Å². The minimum atomic E-state index is 0.979. The predicted octanol–water partition coefficient (Wildman–Crippen LogP) is 10.4. The van der Waals surface area contributed by atoms with Crippen LogP contribution < -0.4 is 4.90 Å². The van der Waals surface area contributed by atoms with Crippen LogP contribution in [0.4, 0.5) is 17.1 Å². The van der Waals surface area contributed by atoms with Crippen LogP contribution in [-0.2, 0) is 0 Å². The topological polar surface area (TPSA) is 21.1 Å². The maximum absolute atomic E-state index is 4.65. The zero-order valence-electron chi connectivity index (χ0n) is 22.8. The van der Waals surface area contributed by atoms with E-state index in [0.717, 1.165) is 22.6 Å². The molecule has 0 aliphatic carbocycles. The highest BCUT2D eigenvalue weighted by Crippen LogP contribution is 2.52. The summed E-state index contributed by atoms with van der Waals surface area (Å²) in [6.45, 7) is 0. The van der Waals surface area contributed by atoms with Crippen molar-refractivity contribution < 1.29 is 0 Å². The van der Waals surface area contributed by atoms with Crippen molar-refractivity contribution in [2.45, 2.75) is 0 Å². The lowest BCUT2D eigenvalue weighted by atomic mass is 9.89. The van der Waals surface area contributed by atoms with Gasteiger partial charge in [0.1, 0.15) is 0 Å². The van der Waals surface area contributed by atoms with Gasteiger partial charge in [-0.2, -0.15) is 0 Å². The third-order valence-electron chi connectivity index (χ3n) is 8.53. The van der Waals surface area contributed by atoms with Crippen LogP contribution in [-0.4, -0.2) is 9.55 Å². The number of anilines is 3. The highest BCUT2D eigenvalue weighted by atomic mass is 15.2. The average molecular weight is 536 g/mol. The molecule has 2 aromatic heterocycles. The molecule has 0 saturated carbocycles. The maximum atomic E-state index is 4.65. The van der Waals surface area contributed by atoms with E-state index in [4.69, 9.17) is 0 Å². The second-order valence-corrected chi connectivity index (χ2v) is 10.9. The van der Waals surface area contributed by atoms with Gasteiger partial charge in [-0.1, -0.05) is 78.9 Å². The number of hydrogen-bond donors (Lipinski definition) is 0. The summed E-state index contributed by atoms with van der Waals surface area (Å²) in [6, 6.07) is 52.3. The molecule has 42 heavy (non-hydrogen) atoms. The first kappa shape index (κ1) is 23.1. The number of pyridine rings is 1. The second-order valence-electron chi connectivity index (χ2n) is 10.9. The fourth-order valence-electron chi connectivity index (χ4n) is 6.72. The summed E-state index contributed by atoms with van der Waals surface area (Å²) in [5.74, 6) is 0. The Morgan fingerprint density at radius 2 is 1.21 bits per heavy atom. The number of nitrogens with zero attached hydrogens (tertiary/aromatic N) is 3. The van der Waals surface area contributed by atoms with E-state index in [1.165, 1.54) is 55.1 Å². The molecule has 0 bridgehead atoms. The van der Waals surface area contributed by atoms with E-state index < -0.39 is 0 Å². The van der Waals surface area contributed by atoms with Gasteiger partial charge >= 0.3 is 0 Å². The Hall–Kier alpha value is -5.67. The monoisotopic (exact) mass is 535 g/mol. The predicted molar refractivity (Wildman–Crippen MR) is 175 cm³/mol. The number of rotatable bonds is 3. The van der Waals surface area contributed by atoms with E-state index in [9.17, 15) is 0 Å². The Morgan fingerprint density at radius 1 is 0.476 bits per heavy atom. The lowest BCUT2D eigenvalue weighted by Crippen LogP contribution is -2.15. The van der Waals surface area contributed by atoms with Gasteiger partial charge in [-0.3, -0.25) is 4.98 Å². The summed E-state index contributed by atoms with van der Waals surface area (Å²) in [5.41, 5.74) is 11.7. The van der Waals surface area contributed by atoms with Crippen molar-refractivity contribution in [3.63, 3.8) is 0 Å². The quantitative estimate of drug-likeness (QED) is 0.224. The highest BCUT2D eigenvalue weighted by molar-refractivity contribution is 6.19. The molecule has 0 unspecified atom stereocenters. The van der Waals surface area contributed by atoms with Crippen LogP contribution in [0.15, 0.2) is 152 Å². The molecule has 6 aromatic carbocycles. The molecule has 3 heteroatoms. The van der Waals surface area contributed by atoms with Crippen LogP contribution in [0, 0.1) is 0 Å². The minimum absolute atomic E-state index is 0.979. The molecule has 1 aliphatic rings. The summed E-state index contributed by atoms with van der Waals surface area (Å²) in [5, 5.41) is 4.99. The first-order valence-electron chi connectivity index (χ1n) is 14.3. The zero-order chi connectivity index (χ0) is 27.6. The fraction of sp³-hybridized carbons (Fsp3) is 0. The summed E-state index contributed by atoms with van der Waals surface area (Å²) in [4.78, 5) is 7.08. The molecule has 8 aromatic rings. The first-order chi connectivity index (χ1) is 20.8. The van der Waals surface area contributed by atoms with Crippen LogP contribution in [0.1, 0.15) is 0 Å². The smallest absolute Gasteiger partial charge is 0.0702 e. The van der Waals surface area contributed by atoms with Crippen molar-refractivity contribution in [1.82, 2.24) is 9.55 Å². The Morgan fingerprint density at radius 3 is 2.00 bits per heavy atom. The molecule has 0 radical (unpaired) electrons. The van der Waals surface area contributed by atoms with Gasteiger partial charge in [0.2, 0.25) is 0 Å². The molecule has 9 rings (SSSR count). The third kappa shape index (κ3) is 3.31. The minimum Gasteiger partial charge on any atom is -0.309 e. The SMILES string of the molecule is c1ccc(N2c3cc4c(cc3-c3cccc5cccc2c35)c2cc(-c3ccccn3)ccc2n4-c2ccccc2)cc1. The van der Waals surface area contributed by atoms with Gasteiger partial charge in [0.05, 0.1) is 28.1 Å². The average Bonchev–Trinajstić information content (AvgIpc) is 3.38. The van der Waals surface area contributed by atoms with Crippen LogP contribution in [0.2, 0.25) is 0 Å². The molecular formula is C39H25N3. The number of aromatic nitrogens is 2. The molecule has 3 heterocycles. The van der Waals surface area contributed by atoms with Gasteiger partial charge in [-0.25, -0.2) is 0 Å². The lowest BCUT2D eigenvalue weighted by molar-refractivity contribution is 1.18. The molecule has 1 aliphatic heterocycles. The van der Waals surface area contributed by atoms with E-state index in [0.29, 0.717) is 0 Å². The molecule has 0 N–H and O–H groups in total. The molecule has 3 nitrogen and oxygen atoms in total. The van der Waals surface area contributed by atoms with Crippen molar-refractivity contribution in [3.8, 4) is 28.1 Å². The summed E-state index contributed by atoms with van der Waals surface area (Å²) >= 11 is 0. The Balaban J connectivity index is 1.43. The summed E-state index contributed by atoms with van der Waals surface area (Å²) in [6.07, 6.45) is 1.86. The molecule has 0 saturated heterocycles. The van der Waals surface area contributed by atoms with Crippen LogP contribution in [0.5, 0.6) is 0 Å². The van der Waals surface area contributed by atoms with Crippen molar-refractivity contribution in [2.24, 2.45) is 0 Å². The molecule has 0 fully saturated rings. The number of fused-ring (bicyclic) bond motifs is 5. The van der Waals surface area contributed by atoms with Crippen LogP contribution in [0.3, 0.4) is 0 Å². The Bertz CT molecular complexity index is 2280. The third-order valence-corrected chi connectivity index (χ3v) is 8.53. The Labute approximate surface area is 243 Å². The van der Waals surface area contributed by atoms with Crippen molar-refractivity contribution in [2.75, 3.05) is 4.90 Å². The zero-order valence-corrected chi connectivity index (χ0v) is 22.8. The van der Waals surface area contributed by atoms with Gasteiger partial charge in [-0.05, 0) is 77.7 Å². The van der Waals surface area contributed by atoms with Crippen molar-refractivity contribution >= 4 is 49.6 Å². The molecular weight excluding hydrogens is 510 g/mol. The fourth-order valence-corrected chi connectivity index (χ4v) is 6.72. The van der Waals surface area contributed by atoms with E-state index in [1.807, 2.05) is 18.3 Å². The van der Waals surface area contributed by atoms with Crippen molar-refractivity contribution in [3.05, 3.63) is 152 Å². The van der Waals surface area contributed by atoms with Gasteiger partial charge in [-0.15, -0.1) is 0 Å². The normalized spacial score (nSPS) is 12.2. The molecule has 0 atom stereocenters. The standard InChI is InChI=1S/C39H25N3/c1-3-13-28(14-4-1)41-35-21-20-27(34-18-7-8-22-40-34)23-31(35)33-24-32-30-17-9-11-26-12-10-19-36(39(26)30)42(37(32)25-38(33)41)29-15-5-2-6-16-29/h1-25H. The van der Waals surface area contributed by atoms with Crippen molar-refractivity contribution in [1.29, 1.82) is 0 Å². The lowest BCUT2D eigenvalue weighted by Gasteiger charge is -2.33. The summed E-state index contributed by atoms with van der Waals surface area (Å²) in [7, 11) is 0. The molecule has 0 spiro atoms. The van der Waals surface area contributed by atoms with Crippen LogP contribution >= 0.6 is 0 Å². The van der Waals surface area contributed by atoms with Gasteiger partial charge in [0, 0.05) is 44.9 Å². The summed E-state index contributed by atoms with van der Waals surface area (Å²) < 4.78 is 2.40. The maximum Gasteiger partial charge on any atom is 0.0702 e. The van der Waals surface area contributed by atoms with Gasteiger partial charge in [0.15, 0.2) is 0 Å². The Kier molecular flexibility index (Phi) is 4.90. The number of hydrogen-bond acceptors (Lipinski definition) is 2. The van der Waals surface area contributed by atoms with E-state index in [-0.39, 0.29) is 0 Å². The first-order valence-corrected chi connectivity index (χ1v) is 14.3. The van der Waals surface area contributed by atoms with E-state index >= 15 is 0 Å². The number of benzene rings is 6. The molecule has 196 valence electrons. The largest absolute Gasteiger partial charge is 0.309 e. The van der Waals surface area contributed by atoms with Gasteiger partial charge in [0.25, 0.3) is 0 Å². The van der Waals surface area contributed by atoms with E-state index in [1.54, 1.807) is 0 Å². The molecule has 0 amide bonds. The van der Waals surface area contributed by atoms with E-state index in [2.05, 4.69) is 148 Å². The second kappa shape index (κ2) is 8.92. The number of para-hydroxylation sites is 2. The van der Waals surface area contributed by atoms with Gasteiger partial charge < -0.3 is 9.47 Å². The highest BCUT2D eigenvalue weighted by Gasteiger charge is 2.28.